The van der Waals surface area contributed by atoms with Gasteiger partial charge in [-0.2, -0.15) is 0 Å². The van der Waals surface area contributed by atoms with Crippen molar-refractivity contribution in [2.75, 3.05) is 19.8 Å². The number of nitrogens with one attached hydrogen (secondary N) is 1. The van der Waals surface area contributed by atoms with Crippen molar-refractivity contribution in [3.8, 4) is 11.5 Å². The van der Waals surface area contributed by atoms with Crippen molar-refractivity contribution in [1.82, 2.24) is 5.32 Å². The van der Waals surface area contributed by atoms with Gasteiger partial charge in [-0.15, -0.1) is 0 Å². The van der Waals surface area contributed by atoms with Gasteiger partial charge in [0.1, 0.15) is 0 Å². The van der Waals surface area contributed by atoms with Gasteiger partial charge in [-0.3, -0.25) is 0 Å². The van der Waals surface area contributed by atoms with E-state index in [1.54, 1.807) is 12.1 Å². The van der Waals surface area contributed by atoms with Crippen LogP contribution in [0.1, 0.15) is 18.9 Å². The van der Waals surface area contributed by atoms with Gasteiger partial charge in [-0.05, 0) is 26.0 Å². The van der Waals surface area contributed by atoms with Crippen LogP contribution in [-0.2, 0) is 11.3 Å². The van der Waals surface area contributed by atoms with Crippen LogP contribution < -0.4 is 5.32 Å². The summed E-state index contributed by atoms with van der Waals surface area (Å²) in [4.78, 5) is 0. The second-order valence-electron chi connectivity index (χ2n) is 3.51. The Kier molecular flexibility index (Phi) is 5.67. The van der Waals surface area contributed by atoms with E-state index in [-0.39, 0.29) is 11.5 Å². The van der Waals surface area contributed by atoms with E-state index >= 15 is 0 Å². The molecule has 1 rings (SSSR count). The molecular formula is C12H19NO3. The van der Waals surface area contributed by atoms with Crippen molar-refractivity contribution >= 4 is 0 Å². The molecule has 16 heavy (non-hydrogen) atoms. The Bertz CT molecular complexity index is 315. The lowest BCUT2D eigenvalue weighted by molar-refractivity contribution is 0.144. The van der Waals surface area contributed by atoms with Crippen molar-refractivity contribution in [2.45, 2.75) is 19.9 Å². The minimum Gasteiger partial charge on any atom is -0.504 e. The van der Waals surface area contributed by atoms with Gasteiger partial charge in [-0.25, -0.2) is 0 Å². The molecule has 0 aliphatic rings. The highest BCUT2D eigenvalue weighted by atomic mass is 16.5. The Balaban J connectivity index is 2.24. The average Bonchev–Trinajstić information content (AvgIpc) is 2.29. The van der Waals surface area contributed by atoms with E-state index in [2.05, 4.69) is 5.32 Å². The molecule has 0 fully saturated rings. The third kappa shape index (κ3) is 4.08. The van der Waals surface area contributed by atoms with Crippen LogP contribution in [0.5, 0.6) is 11.5 Å². The molecule has 0 spiro atoms. The second-order valence-corrected chi connectivity index (χ2v) is 3.51. The Morgan fingerprint density at radius 1 is 1.31 bits per heavy atom. The zero-order valence-corrected chi connectivity index (χ0v) is 9.57. The summed E-state index contributed by atoms with van der Waals surface area (Å²) in [7, 11) is 0. The molecule has 0 aromatic heterocycles. The van der Waals surface area contributed by atoms with E-state index in [9.17, 15) is 10.2 Å². The molecular weight excluding hydrogens is 206 g/mol. The third-order valence-electron chi connectivity index (χ3n) is 2.26. The standard InChI is InChI=1S/C12H19NO3/c1-2-16-8-4-7-13-9-10-5-3-6-11(14)12(10)15/h3,5-6,13-15H,2,4,7-9H2,1H3. The maximum absolute atomic E-state index is 9.52. The van der Waals surface area contributed by atoms with Crippen molar-refractivity contribution < 1.29 is 14.9 Å². The van der Waals surface area contributed by atoms with Gasteiger partial charge in [0.25, 0.3) is 0 Å². The third-order valence-corrected chi connectivity index (χ3v) is 2.26. The summed E-state index contributed by atoms with van der Waals surface area (Å²) in [5, 5.41) is 22.0. The molecule has 0 radical (unpaired) electrons. The summed E-state index contributed by atoms with van der Waals surface area (Å²) in [5.74, 6) is -0.117. The second kappa shape index (κ2) is 7.09. The average molecular weight is 225 g/mol. The molecule has 4 heteroatoms. The molecule has 90 valence electrons. The predicted molar refractivity (Wildman–Crippen MR) is 62.6 cm³/mol. The van der Waals surface area contributed by atoms with Crippen LogP contribution in [-0.4, -0.2) is 30.0 Å². The quantitative estimate of drug-likeness (QED) is 0.487. The fourth-order valence-corrected chi connectivity index (χ4v) is 1.39. The Hall–Kier alpha value is -1.26. The molecule has 0 saturated heterocycles. The van der Waals surface area contributed by atoms with Gasteiger partial charge in [0.05, 0.1) is 0 Å². The molecule has 0 amide bonds. The SMILES string of the molecule is CCOCCCNCc1cccc(O)c1O. The summed E-state index contributed by atoms with van der Waals surface area (Å²) >= 11 is 0. The highest BCUT2D eigenvalue weighted by Crippen LogP contribution is 2.27. The minimum absolute atomic E-state index is 0.0418. The van der Waals surface area contributed by atoms with Crippen LogP contribution in [0, 0.1) is 0 Å². The minimum atomic E-state index is -0.0754. The van der Waals surface area contributed by atoms with Crippen molar-refractivity contribution in [2.24, 2.45) is 0 Å². The zero-order valence-electron chi connectivity index (χ0n) is 9.57. The normalized spacial score (nSPS) is 10.6. The van der Waals surface area contributed by atoms with Crippen LogP contribution in [0.2, 0.25) is 0 Å². The molecule has 1 aromatic carbocycles. The largest absolute Gasteiger partial charge is 0.504 e. The number of hydrogen-bond donors (Lipinski definition) is 3. The van der Waals surface area contributed by atoms with Crippen molar-refractivity contribution in [3.05, 3.63) is 23.8 Å². The lowest BCUT2D eigenvalue weighted by atomic mass is 10.2. The fourth-order valence-electron chi connectivity index (χ4n) is 1.39. The Morgan fingerprint density at radius 2 is 2.12 bits per heavy atom. The number of ether oxygens (including phenoxy) is 1. The summed E-state index contributed by atoms with van der Waals surface area (Å²) in [6.45, 7) is 4.84. The molecule has 0 saturated carbocycles. The Labute approximate surface area is 95.9 Å². The molecule has 0 heterocycles. The lowest BCUT2D eigenvalue weighted by Crippen LogP contribution is -2.16. The first-order chi connectivity index (χ1) is 7.75. The monoisotopic (exact) mass is 225 g/mol. The van der Waals surface area contributed by atoms with Crippen LogP contribution in [0.3, 0.4) is 0 Å². The zero-order chi connectivity index (χ0) is 11.8. The van der Waals surface area contributed by atoms with E-state index in [1.807, 2.05) is 6.92 Å². The number of para-hydroxylation sites is 1. The Morgan fingerprint density at radius 3 is 2.88 bits per heavy atom. The number of aromatic hydroxyl groups is 2. The lowest BCUT2D eigenvalue weighted by Gasteiger charge is -2.07. The fraction of sp³-hybridized carbons (Fsp3) is 0.500. The number of phenols is 2. The molecule has 0 unspecified atom stereocenters. The van der Waals surface area contributed by atoms with Gasteiger partial charge in [-0.1, -0.05) is 12.1 Å². The number of hydrogen-bond acceptors (Lipinski definition) is 4. The van der Waals surface area contributed by atoms with E-state index < -0.39 is 0 Å². The number of rotatable bonds is 7. The van der Waals surface area contributed by atoms with Gasteiger partial charge in [0.2, 0.25) is 0 Å². The molecule has 0 bridgehead atoms. The van der Waals surface area contributed by atoms with Gasteiger partial charge >= 0.3 is 0 Å². The number of phenolic OH excluding ortho intramolecular Hbond substituents is 2. The van der Waals surface area contributed by atoms with Crippen molar-refractivity contribution in [1.29, 1.82) is 0 Å². The first kappa shape index (κ1) is 12.8. The summed E-state index contributed by atoms with van der Waals surface area (Å²) in [6, 6.07) is 4.96. The molecule has 1 aromatic rings. The maximum Gasteiger partial charge on any atom is 0.161 e. The highest BCUT2D eigenvalue weighted by molar-refractivity contribution is 5.44. The number of benzene rings is 1. The maximum atomic E-state index is 9.52. The first-order valence-corrected chi connectivity index (χ1v) is 5.54. The molecule has 4 nitrogen and oxygen atoms in total. The first-order valence-electron chi connectivity index (χ1n) is 5.54. The predicted octanol–water partition coefficient (Wildman–Crippen LogP) is 1.61. The molecule has 0 atom stereocenters. The van der Waals surface area contributed by atoms with Gasteiger partial charge in [0.15, 0.2) is 11.5 Å². The topological polar surface area (TPSA) is 61.7 Å². The smallest absolute Gasteiger partial charge is 0.161 e. The van der Waals surface area contributed by atoms with E-state index in [0.29, 0.717) is 12.1 Å². The van der Waals surface area contributed by atoms with Crippen molar-refractivity contribution in [3.63, 3.8) is 0 Å². The van der Waals surface area contributed by atoms with Crippen LogP contribution >= 0.6 is 0 Å². The van der Waals surface area contributed by atoms with Crippen LogP contribution in [0.4, 0.5) is 0 Å². The molecule has 3 N–H and O–H groups in total. The van der Waals surface area contributed by atoms with Gasteiger partial charge < -0.3 is 20.3 Å². The summed E-state index contributed by atoms with van der Waals surface area (Å²) < 4.78 is 5.20. The van der Waals surface area contributed by atoms with Gasteiger partial charge in [0, 0.05) is 25.3 Å². The van der Waals surface area contributed by atoms with E-state index in [4.69, 9.17) is 4.74 Å². The van der Waals surface area contributed by atoms with E-state index in [0.717, 1.165) is 26.2 Å². The van der Waals surface area contributed by atoms with E-state index in [1.165, 1.54) is 6.07 Å². The molecule has 0 aliphatic heterocycles. The highest BCUT2D eigenvalue weighted by Gasteiger charge is 2.04. The van der Waals surface area contributed by atoms with Crippen LogP contribution in [0.15, 0.2) is 18.2 Å². The summed E-state index contributed by atoms with van der Waals surface area (Å²) in [6.07, 6.45) is 0.938. The van der Waals surface area contributed by atoms with Crippen LogP contribution in [0.25, 0.3) is 0 Å². The molecule has 0 aliphatic carbocycles. The summed E-state index contributed by atoms with van der Waals surface area (Å²) in [5.41, 5.74) is 0.705.